The van der Waals surface area contributed by atoms with Gasteiger partial charge in [-0.3, -0.25) is 4.90 Å². The number of hydrogen-bond acceptors (Lipinski definition) is 4. The Balaban J connectivity index is 1.72. The average Bonchev–Trinajstić information content (AvgIpc) is 3.30. The number of rotatable bonds is 5. The normalized spacial score (nSPS) is 20.4. The van der Waals surface area contributed by atoms with E-state index in [0.717, 1.165) is 43.5 Å². The molecule has 2 N–H and O–H groups in total. The highest BCUT2D eigenvalue weighted by Crippen LogP contribution is 2.35. The van der Waals surface area contributed by atoms with Crippen molar-refractivity contribution < 1.29 is 9.47 Å². The first-order chi connectivity index (χ1) is 9.71. The molecule has 0 spiro atoms. The standard InChI is InChI=1S/C16H24N2O2/c1-19-15-7-12-5-6-18(10-14(17)11-3-4-11)9-13(12)8-16(15)20-2/h7-8,11,14H,3-6,9-10,17H2,1-2H3. The van der Waals surface area contributed by atoms with E-state index in [4.69, 9.17) is 15.2 Å². The molecule has 3 rings (SSSR count). The molecule has 0 bridgehead atoms. The smallest absolute Gasteiger partial charge is 0.161 e. The molecule has 0 saturated heterocycles. The Hall–Kier alpha value is -1.26. The molecule has 20 heavy (non-hydrogen) atoms. The molecule has 2 aliphatic rings. The van der Waals surface area contributed by atoms with Gasteiger partial charge in [0.1, 0.15) is 0 Å². The minimum Gasteiger partial charge on any atom is -0.493 e. The molecule has 110 valence electrons. The molecule has 1 aliphatic heterocycles. The van der Waals surface area contributed by atoms with Crippen LogP contribution in [0.2, 0.25) is 0 Å². The summed E-state index contributed by atoms with van der Waals surface area (Å²) in [6.45, 7) is 3.07. The fraction of sp³-hybridized carbons (Fsp3) is 0.625. The number of nitrogens with two attached hydrogens (primary N) is 1. The van der Waals surface area contributed by atoms with Crippen molar-refractivity contribution in [3.63, 3.8) is 0 Å². The van der Waals surface area contributed by atoms with Gasteiger partial charge in [0, 0.05) is 25.7 Å². The second-order valence-electron chi connectivity index (χ2n) is 5.96. The van der Waals surface area contributed by atoms with Crippen molar-refractivity contribution in [3.8, 4) is 11.5 Å². The van der Waals surface area contributed by atoms with E-state index < -0.39 is 0 Å². The van der Waals surface area contributed by atoms with Crippen LogP contribution in [-0.2, 0) is 13.0 Å². The Kier molecular flexibility index (Phi) is 3.85. The molecule has 1 fully saturated rings. The molecular formula is C16H24N2O2. The minimum absolute atomic E-state index is 0.344. The van der Waals surface area contributed by atoms with E-state index in [1.54, 1.807) is 14.2 Å². The van der Waals surface area contributed by atoms with Crippen molar-refractivity contribution in [2.45, 2.75) is 31.8 Å². The lowest BCUT2D eigenvalue weighted by molar-refractivity contribution is 0.230. The highest BCUT2D eigenvalue weighted by molar-refractivity contribution is 5.48. The molecule has 0 aromatic heterocycles. The summed E-state index contributed by atoms with van der Waals surface area (Å²) in [5.74, 6) is 2.41. The van der Waals surface area contributed by atoms with E-state index in [-0.39, 0.29) is 0 Å². The van der Waals surface area contributed by atoms with Crippen LogP contribution in [0.4, 0.5) is 0 Å². The second kappa shape index (κ2) is 5.62. The summed E-state index contributed by atoms with van der Waals surface area (Å²) in [4.78, 5) is 2.47. The summed E-state index contributed by atoms with van der Waals surface area (Å²) in [5, 5.41) is 0. The molecule has 0 radical (unpaired) electrons. The number of methoxy groups -OCH3 is 2. The van der Waals surface area contributed by atoms with Crippen molar-refractivity contribution in [2.24, 2.45) is 11.7 Å². The molecule has 1 aromatic rings. The first-order valence-electron chi connectivity index (χ1n) is 7.43. The van der Waals surface area contributed by atoms with Gasteiger partial charge in [0.25, 0.3) is 0 Å². The molecule has 4 heteroatoms. The number of ether oxygens (including phenoxy) is 2. The number of nitrogens with zero attached hydrogens (tertiary/aromatic N) is 1. The lowest BCUT2D eigenvalue weighted by atomic mass is 9.98. The Morgan fingerprint density at radius 3 is 2.45 bits per heavy atom. The summed E-state index contributed by atoms with van der Waals surface area (Å²) in [5.41, 5.74) is 8.96. The molecule has 1 aromatic carbocycles. The van der Waals surface area contributed by atoms with Crippen LogP contribution in [0.3, 0.4) is 0 Å². The van der Waals surface area contributed by atoms with Crippen LogP contribution < -0.4 is 15.2 Å². The van der Waals surface area contributed by atoms with Gasteiger partial charge in [-0.1, -0.05) is 0 Å². The van der Waals surface area contributed by atoms with Gasteiger partial charge in [-0.2, -0.15) is 0 Å². The van der Waals surface area contributed by atoms with Gasteiger partial charge < -0.3 is 15.2 Å². The molecule has 1 atom stereocenters. The van der Waals surface area contributed by atoms with Gasteiger partial charge >= 0.3 is 0 Å². The van der Waals surface area contributed by atoms with Crippen LogP contribution >= 0.6 is 0 Å². The molecule has 4 nitrogen and oxygen atoms in total. The van der Waals surface area contributed by atoms with Crippen molar-refractivity contribution in [1.29, 1.82) is 0 Å². The van der Waals surface area contributed by atoms with E-state index in [1.165, 1.54) is 24.0 Å². The van der Waals surface area contributed by atoms with Crippen LogP contribution in [0.5, 0.6) is 11.5 Å². The third-order valence-corrected chi connectivity index (χ3v) is 4.49. The first kappa shape index (κ1) is 13.7. The average molecular weight is 276 g/mol. The number of hydrogen-bond donors (Lipinski definition) is 1. The molecular weight excluding hydrogens is 252 g/mol. The molecule has 0 amide bonds. The predicted octanol–water partition coefficient (Wildman–Crippen LogP) is 1.80. The van der Waals surface area contributed by atoms with E-state index in [0.29, 0.717) is 6.04 Å². The summed E-state index contributed by atoms with van der Waals surface area (Å²) < 4.78 is 10.8. The van der Waals surface area contributed by atoms with Crippen molar-refractivity contribution in [2.75, 3.05) is 27.3 Å². The van der Waals surface area contributed by atoms with Gasteiger partial charge in [-0.15, -0.1) is 0 Å². The van der Waals surface area contributed by atoms with Crippen LogP contribution in [0.25, 0.3) is 0 Å². The van der Waals surface area contributed by atoms with Crippen molar-refractivity contribution in [3.05, 3.63) is 23.3 Å². The van der Waals surface area contributed by atoms with Crippen molar-refractivity contribution in [1.82, 2.24) is 4.90 Å². The van der Waals surface area contributed by atoms with Gasteiger partial charge in [-0.05, 0) is 48.4 Å². The fourth-order valence-electron chi connectivity index (χ4n) is 3.07. The Morgan fingerprint density at radius 1 is 1.20 bits per heavy atom. The van der Waals surface area contributed by atoms with E-state index in [9.17, 15) is 0 Å². The zero-order valence-electron chi connectivity index (χ0n) is 12.4. The summed E-state index contributed by atoms with van der Waals surface area (Å²) >= 11 is 0. The summed E-state index contributed by atoms with van der Waals surface area (Å²) in [6.07, 6.45) is 3.69. The number of fused-ring (bicyclic) bond motifs is 1. The summed E-state index contributed by atoms with van der Waals surface area (Å²) in [7, 11) is 3.38. The fourth-order valence-corrected chi connectivity index (χ4v) is 3.07. The Labute approximate surface area is 120 Å². The van der Waals surface area contributed by atoms with Crippen LogP contribution in [-0.4, -0.2) is 38.3 Å². The molecule has 1 unspecified atom stereocenters. The van der Waals surface area contributed by atoms with Gasteiger partial charge in [0.15, 0.2) is 11.5 Å². The molecule has 1 saturated carbocycles. The third-order valence-electron chi connectivity index (χ3n) is 4.49. The number of benzene rings is 1. The van der Waals surface area contributed by atoms with E-state index >= 15 is 0 Å². The topological polar surface area (TPSA) is 47.7 Å². The Morgan fingerprint density at radius 2 is 1.85 bits per heavy atom. The van der Waals surface area contributed by atoms with Crippen molar-refractivity contribution >= 4 is 0 Å². The Bertz CT molecular complexity index is 486. The van der Waals surface area contributed by atoms with Crippen LogP contribution in [0.15, 0.2) is 12.1 Å². The van der Waals surface area contributed by atoms with Crippen LogP contribution in [0, 0.1) is 5.92 Å². The third kappa shape index (κ3) is 2.76. The maximum absolute atomic E-state index is 6.25. The second-order valence-corrected chi connectivity index (χ2v) is 5.96. The summed E-state index contributed by atoms with van der Waals surface area (Å²) in [6, 6.07) is 4.58. The quantitative estimate of drug-likeness (QED) is 0.891. The van der Waals surface area contributed by atoms with E-state index in [1.807, 2.05) is 0 Å². The first-order valence-corrected chi connectivity index (χ1v) is 7.43. The van der Waals surface area contributed by atoms with E-state index in [2.05, 4.69) is 17.0 Å². The highest BCUT2D eigenvalue weighted by Gasteiger charge is 2.30. The molecule has 1 heterocycles. The van der Waals surface area contributed by atoms with Crippen LogP contribution in [0.1, 0.15) is 24.0 Å². The SMILES string of the molecule is COc1cc2c(cc1OC)CN(CC(N)C1CC1)CC2. The van der Waals surface area contributed by atoms with Gasteiger partial charge in [0.2, 0.25) is 0 Å². The predicted molar refractivity (Wildman–Crippen MR) is 79.2 cm³/mol. The largest absolute Gasteiger partial charge is 0.493 e. The van der Waals surface area contributed by atoms with Gasteiger partial charge in [-0.25, -0.2) is 0 Å². The maximum Gasteiger partial charge on any atom is 0.161 e. The zero-order chi connectivity index (χ0) is 14.1. The lowest BCUT2D eigenvalue weighted by Crippen LogP contribution is -2.41. The highest BCUT2D eigenvalue weighted by atomic mass is 16.5. The monoisotopic (exact) mass is 276 g/mol. The maximum atomic E-state index is 6.25. The molecule has 1 aliphatic carbocycles. The lowest BCUT2D eigenvalue weighted by Gasteiger charge is -2.31. The van der Waals surface area contributed by atoms with Gasteiger partial charge in [0.05, 0.1) is 14.2 Å². The minimum atomic E-state index is 0.344. The zero-order valence-corrected chi connectivity index (χ0v) is 12.4.